The van der Waals surface area contributed by atoms with Crippen molar-refractivity contribution in [3.63, 3.8) is 0 Å². The fraction of sp³-hybridized carbons (Fsp3) is 0.667. The Labute approximate surface area is 131 Å². The maximum Gasteiger partial charge on any atom is 0.338 e. The van der Waals surface area contributed by atoms with Crippen molar-refractivity contribution in [1.29, 1.82) is 0 Å². The van der Waals surface area contributed by atoms with Crippen LogP contribution in [0.1, 0.15) is 39.0 Å². The van der Waals surface area contributed by atoms with Crippen LogP contribution in [0.2, 0.25) is 0 Å². The summed E-state index contributed by atoms with van der Waals surface area (Å²) in [6, 6.07) is 0. The SMILES string of the molecule is CCOC(=O)C1=C(Br)[C@H]2CCCC[C@@H]2C(CCBr)=C1. The smallest absolute Gasteiger partial charge is 0.338 e. The highest BCUT2D eigenvalue weighted by atomic mass is 79.9. The van der Waals surface area contributed by atoms with E-state index in [0.717, 1.165) is 21.8 Å². The Hall–Kier alpha value is -0.0900. The van der Waals surface area contributed by atoms with Crippen LogP contribution in [0.5, 0.6) is 0 Å². The number of allylic oxidation sites excluding steroid dienone is 2. The molecule has 4 heteroatoms. The average Bonchev–Trinajstić information content (AvgIpc) is 2.42. The fourth-order valence-electron chi connectivity index (χ4n) is 3.17. The summed E-state index contributed by atoms with van der Waals surface area (Å²) in [5.41, 5.74) is 2.15. The van der Waals surface area contributed by atoms with Gasteiger partial charge < -0.3 is 4.74 Å². The third-order valence-electron chi connectivity index (χ3n) is 4.03. The van der Waals surface area contributed by atoms with E-state index < -0.39 is 0 Å². The maximum absolute atomic E-state index is 12.1. The van der Waals surface area contributed by atoms with Gasteiger partial charge >= 0.3 is 5.97 Å². The monoisotopic (exact) mass is 390 g/mol. The first-order valence-corrected chi connectivity index (χ1v) is 8.93. The molecule has 19 heavy (non-hydrogen) atoms. The summed E-state index contributed by atoms with van der Waals surface area (Å²) in [7, 11) is 0. The zero-order valence-corrected chi connectivity index (χ0v) is 14.4. The topological polar surface area (TPSA) is 26.3 Å². The van der Waals surface area contributed by atoms with E-state index in [0.29, 0.717) is 18.4 Å². The van der Waals surface area contributed by atoms with E-state index in [1.807, 2.05) is 6.92 Å². The molecule has 0 heterocycles. The first kappa shape index (κ1) is 15.3. The van der Waals surface area contributed by atoms with Gasteiger partial charge in [-0.05, 0) is 44.1 Å². The molecule has 0 aliphatic heterocycles. The number of hydrogen-bond acceptors (Lipinski definition) is 2. The second-order valence-electron chi connectivity index (χ2n) is 5.14. The Morgan fingerprint density at radius 3 is 2.68 bits per heavy atom. The van der Waals surface area contributed by atoms with Crippen molar-refractivity contribution in [2.24, 2.45) is 11.8 Å². The van der Waals surface area contributed by atoms with Crippen LogP contribution in [0.3, 0.4) is 0 Å². The lowest BCUT2D eigenvalue weighted by Crippen LogP contribution is -2.27. The standard InChI is InChI=1S/C15H20Br2O2/c1-2-19-15(18)13-9-10(7-8-16)11-5-3-4-6-12(11)14(13)17/h9,11-12H,2-8H2,1H3/t11-,12+/m1/s1. The molecule has 0 aromatic rings. The lowest BCUT2D eigenvalue weighted by molar-refractivity contribution is -0.138. The predicted molar refractivity (Wildman–Crippen MR) is 84.5 cm³/mol. The summed E-state index contributed by atoms with van der Waals surface area (Å²) in [4.78, 5) is 12.1. The first-order chi connectivity index (χ1) is 9.19. The van der Waals surface area contributed by atoms with Crippen LogP contribution < -0.4 is 0 Å². The second-order valence-corrected chi connectivity index (χ2v) is 6.79. The molecule has 2 aliphatic rings. The third kappa shape index (κ3) is 3.33. The van der Waals surface area contributed by atoms with Crippen molar-refractivity contribution in [2.75, 3.05) is 11.9 Å². The molecule has 0 bridgehead atoms. The van der Waals surface area contributed by atoms with Crippen molar-refractivity contribution in [3.8, 4) is 0 Å². The van der Waals surface area contributed by atoms with Gasteiger partial charge in [0.15, 0.2) is 0 Å². The zero-order chi connectivity index (χ0) is 13.8. The van der Waals surface area contributed by atoms with Crippen LogP contribution in [-0.2, 0) is 9.53 Å². The van der Waals surface area contributed by atoms with Gasteiger partial charge in [0.05, 0.1) is 12.2 Å². The van der Waals surface area contributed by atoms with E-state index in [2.05, 4.69) is 37.9 Å². The molecule has 1 fully saturated rings. The Kier molecular flexibility index (Phi) is 5.70. The van der Waals surface area contributed by atoms with Gasteiger partial charge in [0.25, 0.3) is 0 Å². The second kappa shape index (κ2) is 7.07. The van der Waals surface area contributed by atoms with Gasteiger partial charge in [-0.3, -0.25) is 0 Å². The maximum atomic E-state index is 12.1. The third-order valence-corrected chi connectivity index (χ3v) is 5.45. The molecule has 2 aliphatic carbocycles. The lowest BCUT2D eigenvalue weighted by Gasteiger charge is -2.37. The predicted octanol–water partition coefficient (Wildman–Crippen LogP) is 4.73. The molecular weight excluding hydrogens is 372 g/mol. The highest BCUT2D eigenvalue weighted by molar-refractivity contribution is 9.11. The van der Waals surface area contributed by atoms with Crippen LogP contribution in [0.25, 0.3) is 0 Å². The highest BCUT2D eigenvalue weighted by Gasteiger charge is 2.35. The molecule has 106 valence electrons. The van der Waals surface area contributed by atoms with Crippen molar-refractivity contribution in [3.05, 3.63) is 21.7 Å². The fourth-order valence-corrected chi connectivity index (χ4v) is 4.45. The molecule has 0 saturated heterocycles. The molecule has 0 aromatic heterocycles. The molecule has 2 nitrogen and oxygen atoms in total. The van der Waals surface area contributed by atoms with Crippen molar-refractivity contribution in [1.82, 2.24) is 0 Å². The van der Waals surface area contributed by atoms with Gasteiger partial charge in [-0.25, -0.2) is 4.79 Å². The van der Waals surface area contributed by atoms with Gasteiger partial charge in [0, 0.05) is 9.81 Å². The largest absolute Gasteiger partial charge is 0.462 e. The first-order valence-electron chi connectivity index (χ1n) is 7.02. The normalized spacial score (nSPS) is 26.8. The Morgan fingerprint density at radius 2 is 2.05 bits per heavy atom. The molecule has 2 atom stereocenters. The van der Waals surface area contributed by atoms with E-state index in [1.54, 1.807) is 0 Å². The van der Waals surface area contributed by atoms with Gasteiger partial charge in [-0.2, -0.15) is 0 Å². The summed E-state index contributed by atoms with van der Waals surface area (Å²) in [6.45, 7) is 2.28. The summed E-state index contributed by atoms with van der Waals surface area (Å²) in [5.74, 6) is 0.900. The van der Waals surface area contributed by atoms with E-state index in [4.69, 9.17) is 4.74 Å². The molecule has 0 N–H and O–H groups in total. The van der Waals surface area contributed by atoms with E-state index in [1.165, 1.54) is 31.3 Å². The van der Waals surface area contributed by atoms with Crippen LogP contribution in [0.15, 0.2) is 21.7 Å². The minimum Gasteiger partial charge on any atom is -0.462 e. The number of hydrogen-bond donors (Lipinski definition) is 0. The number of rotatable bonds is 4. The number of esters is 1. The number of fused-ring (bicyclic) bond motifs is 1. The molecule has 0 radical (unpaired) electrons. The highest BCUT2D eigenvalue weighted by Crippen LogP contribution is 2.47. The summed E-state index contributed by atoms with van der Waals surface area (Å²) >= 11 is 7.19. The number of ether oxygens (including phenoxy) is 1. The summed E-state index contributed by atoms with van der Waals surface area (Å²) < 4.78 is 6.24. The minimum atomic E-state index is -0.189. The van der Waals surface area contributed by atoms with Crippen LogP contribution in [0, 0.1) is 11.8 Å². The quantitative estimate of drug-likeness (QED) is 0.511. The number of alkyl halides is 1. The Morgan fingerprint density at radius 1 is 1.37 bits per heavy atom. The van der Waals surface area contributed by atoms with Crippen molar-refractivity contribution < 1.29 is 9.53 Å². The molecule has 0 unspecified atom stereocenters. The molecule has 0 spiro atoms. The zero-order valence-electron chi connectivity index (χ0n) is 11.3. The van der Waals surface area contributed by atoms with Gasteiger partial charge in [-0.15, -0.1) is 0 Å². The number of carbonyl (C=O) groups is 1. The van der Waals surface area contributed by atoms with Crippen LogP contribution in [0.4, 0.5) is 0 Å². The molecule has 0 amide bonds. The van der Waals surface area contributed by atoms with Gasteiger partial charge in [0.2, 0.25) is 0 Å². The Bertz CT molecular complexity index is 412. The number of halogens is 2. The molecular formula is C15H20Br2O2. The number of carbonyl (C=O) groups excluding carboxylic acids is 1. The van der Waals surface area contributed by atoms with Crippen molar-refractivity contribution in [2.45, 2.75) is 39.0 Å². The van der Waals surface area contributed by atoms with Gasteiger partial charge in [0.1, 0.15) is 0 Å². The van der Waals surface area contributed by atoms with Gasteiger partial charge in [-0.1, -0.05) is 50.3 Å². The minimum absolute atomic E-state index is 0.189. The average molecular weight is 392 g/mol. The van der Waals surface area contributed by atoms with Crippen LogP contribution >= 0.6 is 31.9 Å². The Balaban J connectivity index is 2.31. The van der Waals surface area contributed by atoms with E-state index in [-0.39, 0.29) is 5.97 Å². The van der Waals surface area contributed by atoms with Crippen LogP contribution in [-0.4, -0.2) is 17.9 Å². The van der Waals surface area contributed by atoms with Crippen molar-refractivity contribution >= 4 is 37.8 Å². The molecule has 2 rings (SSSR count). The van der Waals surface area contributed by atoms with E-state index in [9.17, 15) is 4.79 Å². The molecule has 1 saturated carbocycles. The van der Waals surface area contributed by atoms with E-state index >= 15 is 0 Å². The lowest BCUT2D eigenvalue weighted by atomic mass is 9.71. The summed E-state index contributed by atoms with van der Waals surface area (Å²) in [6.07, 6.45) is 8.06. The molecule has 0 aromatic carbocycles. The summed E-state index contributed by atoms with van der Waals surface area (Å²) in [5, 5.41) is 0.954.